The summed E-state index contributed by atoms with van der Waals surface area (Å²) in [5.41, 5.74) is 3.61. The lowest BCUT2D eigenvalue weighted by molar-refractivity contribution is 0.768. The van der Waals surface area contributed by atoms with Crippen molar-refractivity contribution < 1.29 is 0 Å². The molecule has 3 rings (SSSR count). The van der Waals surface area contributed by atoms with Gasteiger partial charge in [0.15, 0.2) is 0 Å². The molecule has 4 nitrogen and oxygen atoms in total. The summed E-state index contributed by atoms with van der Waals surface area (Å²) < 4.78 is 1.82. The first-order valence-corrected chi connectivity index (χ1v) is 6.25. The molecule has 4 heteroatoms. The van der Waals surface area contributed by atoms with Gasteiger partial charge in [-0.1, -0.05) is 12.1 Å². The zero-order valence-corrected chi connectivity index (χ0v) is 11.3. The summed E-state index contributed by atoms with van der Waals surface area (Å²) in [7, 11) is 3.82. The summed E-state index contributed by atoms with van der Waals surface area (Å²) in [6.07, 6.45) is 5.84. The van der Waals surface area contributed by atoms with E-state index in [1.165, 1.54) is 16.5 Å². The Balaban J connectivity index is 2.24. The summed E-state index contributed by atoms with van der Waals surface area (Å²) >= 11 is 0. The number of benzene rings is 1. The minimum atomic E-state index is 0.888. The molecule has 3 aromatic rings. The summed E-state index contributed by atoms with van der Waals surface area (Å²) in [6, 6.07) is 6.33. The van der Waals surface area contributed by atoms with Gasteiger partial charge in [0.25, 0.3) is 0 Å². The first kappa shape index (κ1) is 11.7. The number of anilines is 1. The molecule has 0 saturated heterocycles. The van der Waals surface area contributed by atoms with E-state index in [2.05, 4.69) is 40.5 Å². The lowest BCUT2D eigenvalue weighted by Crippen LogP contribution is -1.93. The molecular formula is C15H16N4. The van der Waals surface area contributed by atoms with Crippen molar-refractivity contribution in [2.75, 3.05) is 12.4 Å². The Morgan fingerprint density at radius 2 is 2.05 bits per heavy atom. The van der Waals surface area contributed by atoms with E-state index in [0.717, 1.165) is 16.8 Å². The predicted molar refractivity (Wildman–Crippen MR) is 78.2 cm³/mol. The molecule has 19 heavy (non-hydrogen) atoms. The van der Waals surface area contributed by atoms with E-state index < -0.39 is 0 Å². The number of hydrogen-bond acceptors (Lipinski definition) is 3. The van der Waals surface area contributed by atoms with Gasteiger partial charge in [0.1, 0.15) is 5.82 Å². The summed E-state index contributed by atoms with van der Waals surface area (Å²) in [4.78, 5) is 4.35. The molecule has 0 aliphatic heterocycles. The lowest BCUT2D eigenvalue weighted by atomic mass is 9.98. The average molecular weight is 252 g/mol. The van der Waals surface area contributed by atoms with Crippen LogP contribution in [0.1, 0.15) is 5.56 Å². The van der Waals surface area contributed by atoms with Crippen molar-refractivity contribution in [1.82, 2.24) is 14.8 Å². The van der Waals surface area contributed by atoms with Gasteiger partial charge in [-0.2, -0.15) is 5.10 Å². The van der Waals surface area contributed by atoms with Crippen LogP contribution >= 0.6 is 0 Å². The van der Waals surface area contributed by atoms with Crippen molar-refractivity contribution in [3.8, 4) is 11.1 Å². The molecule has 1 N–H and O–H groups in total. The maximum absolute atomic E-state index is 4.35. The molecule has 1 aromatic carbocycles. The highest BCUT2D eigenvalue weighted by Crippen LogP contribution is 2.30. The summed E-state index contributed by atoms with van der Waals surface area (Å²) in [5, 5.41) is 9.70. The van der Waals surface area contributed by atoms with E-state index in [-0.39, 0.29) is 0 Å². The molecule has 0 aliphatic rings. The molecule has 0 radical (unpaired) electrons. The molecule has 0 aliphatic carbocycles. The van der Waals surface area contributed by atoms with Gasteiger partial charge >= 0.3 is 0 Å². The SMILES string of the molecule is CNc1cc2c(C)c(-c3cnn(C)c3)ccc2cn1. The van der Waals surface area contributed by atoms with Gasteiger partial charge < -0.3 is 5.32 Å². The van der Waals surface area contributed by atoms with Crippen molar-refractivity contribution in [2.45, 2.75) is 6.92 Å². The molecular weight excluding hydrogens is 236 g/mol. The molecule has 2 aromatic heterocycles. The van der Waals surface area contributed by atoms with Gasteiger partial charge in [0.05, 0.1) is 6.20 Å². The molecule has 0 bridgehead atoms. The third kappa shape index (κ3) is 1.95. The fraction of sp³-hybridized carbons (Fsp3) is 0.200. The van der Waals surface area contributed by atoms with Crippen LogP contribution in [-0.4, -0.2) is 21.8 Å². The van der Waals surface area contributed by atoms with E-state index in [4.69, 9.17) is 0 Å². The highest BCUT2D eigenvalue weighted by atomic mass is 15.2. The lowest BCUT2D eigenvalue weighted by Gasteiger charge is -2.09. The van der Waals surface area contributed by atoms with E-state index in [9.17, 15) is 0 Å². The number of fused-ring (bicyclic) bond motifs is 1. The molecule has 0 unspecified atom stereocenters. The number of hydrogen-bond donors (Lipinski definition) is 1. The summed E-state index contributed by atoms with van der Waals surface area (Å²) in [5.74, 6) is 0.888. The number of nitrogens with zero attached hydrogens (tertiary/aromatic N) is 3. The molecule has 0 atom stereocenters. The van der Waals surface area contributed by atoms with Gasteiger partial charge in [-0.05, 0) is 29.5 Å². The van der Waals surface area contributed by atoms with Crippen LogP contribution < -0.4 is 5.32 Å². The van der Waals surface area contributed by atoms with Crippen molar-refractivity contribution in [2.24, 2.45) is 7.05 Å². The maximum atomic E-state index is 4.35. The van der Waals surface area contributed by atoms with E-state index in [0.29, 0.717) is 0 Å². The van der Waals surface area contributed by atoms with Crippen LogP contribution in [0.3, 0.4) is 0 Å². The second-order valence-electron chi connectivity index (χ2n) is 4.68. The second-order valence-corrected chi connectivity index (χ2v) is 4.68. The zero-order chi connectivity index (χ0) is 13.4. The Morgan fingerprint density at radius 1 is 1.21 bits per heavy atom. The topological polar surface area (TPSA) is 42.7 Å². The molecule has 0 saturated carbocycles. The third-order valence-corrected chi connectivity index (χ3v) is 3.44. The average Bonchev–Trinajstić information content (AvgIpc) is 2.85. The Labute approximate surface area is 112 Å². The first-order valence-electron chi connectivity index (χ1n) is 6.25. The van der Waals surface area contributed by atoms with Crippen molar-refractivity contribution >= 4 is 16.6 Å². The van der Waals surface area contributed by atoms with Crippen molar-refractivity contribution in [1.29, 1.82) is 0 Å². The molecule has 0 spiro atoms. The van der Waals surface area contributed by atoms with Gasteiger partial charge in [-0.15, -0.1) is 0 Å². The molecule has 96 valence electrons. The van der Waals surface area contributed by atoms with Gasteiger partial charge in [0.2, 0.25) is 0 Å². The third-order valence-electron chi connectivity index (χ3n) is 3.44. The van der Waals surface area contributed by atoms with Gasteiger partial charge in [0, 0.05) is 37.4 Å². The Kier molecular flexibility index (Phi) is 2.71. The Bertz CT molecular complexity index is 743. The smallest absolute Gasteiger partial charge is 0.126 e. The fourth-order valence-electron chi connectivity index (χ4n) is 2.38. The highest BCUT2D eigenvalue weighted by Gasteiger charge is 2.08. The fourth-order valence-corrected chi connectivity index (χ4v) is 2.38. The Morgan fingerprint density at radius 3 is 2.74 bits per heavy atom. The number of aryl methyl sites for hydroxylation is 2. The number of aromatic nitrogens is 3. The minimum Gasteiger partial charge on any atom is -0.373 e. The molecule has 0 amide bonds. The van der Waals surface area contributed by atoms with Crippen LogP contribution in [0, 0.1) is 6.92 Å². The minimum absolute atomic E-state index is 0.888. The van der Waals surface area contributed by atoms with Crippen LogP contribution in [0.4, 0.5) is 5.82 Å². The second kappa shape index (κ2) is 4.39. The van der Waals surface area contributed by atoms with Crippen LogP contribution in [0.15, 0.2) is 36.8 Å². The molecule has 0 fully saturated rings. The monoisotopic (exact) mass is 252 g/mol. The van der Waals surface area contributed by atoms with E-state index in [1.54, 1.807) is 0 Å². The largest absolute Gasteiger partial charge is 0.373 e. The number of nitrogens with one attached hydrogen (secondary N) is 1. The van der Waals surface area contributed by atoms with Crippen LogP contribution in [0.5, 0.6) is 0 Å². The van der Waals surface area contributed by atoms with Crippen molar-refractivity contribution in [3.63, 3.8) is 0 Å². The normalized spacial score (nSPS) is 10.9. The molecule has 2 heterocycles. The van der Waals surface area contributed by atoms with Crippen LogP contribution in [0.2, 0.25) is 0 Å². The van der Waals surface area contributed by atoms with Gasteiger partial charge in [-0.3, -0.25) is 4.68 Å². The highest BCUT2D eigenvalue weighted by molar-refractivity contribution is 5.92. The first-order chi connectivity index (χ1) is 9.19. The van der Waals surface area contributed by atoms with E-state index >= 15 is 0 Å². The van der Waals surface area contributed by atoms with Crippen LogP contribution in [-0.2, 0) is 7.05 Å². The van der Waals surface area contributed by atoms with Gasteiger partial charge in [-0.25, -0.2) is 4.98 Å². The number of rotatable bonds is 2. The van der Waals surface area contributed by atoms with Crippen molar-refractivity contribution in [3.05, 3.63) is 42.4 Å². The Hall–Kier alpha value is -2.36. The summed E-state index contributed by atoms with van der Waals surface area (Å²) in [6.45, 7) is 2.14. The number of pyridine rings is 1. The predicted octanol–water partition coefficient (Wildman–Crippen LogP) is 2.99. The quantitative estimate of drug-likeness (QED) is 0.762. The standard InChI is InChI=1S/C15H16N4/c1-10-13(12-8-18-19(3)9-12)5-4-11-7-17-15(16-2)6-14(10)11/h4-9H,1-3H3,(H,16,17). The maximum Gasteiger partial charge on any atom is 0.126 e. The zero-order valence-electron chi connectivity index (χ0n) is 11.3. The van der Waals surface area contributed by atoms with E-state index in [1.807, 2.05) is 37.4 Å². The van der Waals surface area contributed by atoms with Crippen LogP contribution in [0.25, 0.3) is 21.9 Å².